The Morgan fingerprint density at radius 1 is 0.920 bits per heavy atom. The summed E-state index contributed by atoms with van der Waals surface area (Å²) < 4.78 is 10.0. The molecule has 150 valence electrons. The van der Waals surface area contributed by atoms with E-state index in [0.717, 1.165) is 12.8 Å². The Hall–Kier alpha value is -1.50. The molecule has 2 amide bonds. The van der Waals surface area contributed by atoms with Crippen molar-refractivity contribution in [2.75, 3.05) is 13.1 Å². The van der Waals surface area contributed by atoms with Crippen molar-refractivity contribution in [3.8, 4) is 0 Å². The van der Waals surface area contributed by atoms with Gasteiger partial charge in [0, 0.05) is 13.1 Å². The van der Waals surface area contributed by atoms with Crippen LogP contribution >= 0.6 is 0 Å². The highest BCUT2D eigenvalue weighted by molar-refractivity contribution is 5.67. The van der Waals surface area contributed by atoms with E-state index < -0.39 is 23.4 Å². The Kier molecular flexibility index (Phi) is 13.2. The smallest absolute Gasteiger partial charge is 0.407 e. The highest BCUT2D eigenvalue weighted by Crippen LogP contribution is 2.07. The van der Waals surface area contributed by atoms with Crippen LogP contribution in [0.25, 0.3) is 0 Å². The van der Waals surface area contributed by atoms with Crippen LogP contribution in [0.5, 0.6) is 0 Å². The molecule has 3 N–H and O–H groups in total. The number of carbonyl (C=O) groups excluding carboxylic acids is 2. The molecule has 25 heavy (non-hydrogen) atoms. The van der Waals surface area contributed by atoms with Gasteiger partial charge in [-0.15, -0.1) is 0 Å². The Balaban J connectivity index is 0. The second kappa shape index (κ2) is 12.8. The summed E-state index contributed by atoms with van der Waals surface area (Å²) >= 11 is 0. The monoisotopic (exact) mass is 362 g/mol. The minimum absolute atomic E-state index is 0.241. The minimum Gasteiger partial charge on any atom is -0.444 e. The highest BCUT2D eigenvalue weighted by Gasteiger charge is 2.16. The molecular formula is C18H38N2O5. The van der Waals surface area contributed by atoms with Crippen molar-refractivity contribution in [2.45, 2.75) is 92.0 Å². The molecule has 0 bridgehead atoms. The molecule has 1 atom stereocenters. The molecule has 0 aromatic heterocycles. The lowest BCUT2D eigenvalue weighted by Crippen LogP contribution is -2.36. The number of rotatable bonds is 6. The molecule has 7 nitrogen and oxygen atoms in total. The van der Waals surface area contributed by atoms with E-state index in [4.69, 9.17) is 14.6 Å². The molecule has 7 heteroatoms. The number of hydrogen-bond acceptors (Lipinski definition) is 5. The van der Waals surface area contributed by atoms with Gasteiger partial charge in [0.25, 0.3) is 0 Å². The summed E-state index contributed by atoms with van der Waals surface area (Å²) in [4.78, 5) is 22.0. The molecule has 0 saturated heterocycles. The van der Waals surface area contributed by atoms with Crippen molar-refractivity contribution in [1.82, 2.24) is 10.6 Å². The summed E-state index contributed by atoms with van der Waals surface area (Å²) in [5.41, 5.74) is -0.877. The summed E-state index contributed by atoms with van der Waals surface area (Å²) in [7, 11) is 0. The number of aliphatic hydroxyl groups is 1. The number of amides is 2. The van der Waals surface area contributed by atoms with Gasteiger partial charge < -0.3 is 25.2 Å². The van der Waals surface area contributed by atoms with Crippen LogP contribution in [-0.2, 0) is 9.47 Å². The average Bonchev–Trinajstić information content (AvgIpc) is 2.42. The van der Waals surface area contributed by atoms with Crippen molar-refractivity contribution in [3.05, 3.63) is 0 Å². The third kappa shape index (κ3) is 22.5. The minimum atomic E-state index is -0.493. The Morgan fingerprint density at radius 2 is 1.36 bits per heavy atom. The second-order valence-corrected chi connectivity index (χ2v) is 7.73. The Bertz CT molecular complexity index is 373. The van der Waals surface area contributed by atoms with Crippen LogP contribution in [0.2, 0.25) is 0 Å². The van der Waals surface area contributed by atoms with Crippen molar-refractivity contribution in [2.24, 2.45) is 0 Å². The van der Waals surface area contributed by atoms with Crippen molar-refractivity contribution in [1.29, 1.82) is 0 Å². The standard InChI is InChI=1S/C9H19NO3.C9H19NO2/c1-5-7(11)6-10-8(12)13-9(2,3)4;1-5-6-7-10-8(11)12-9(2,3)4/h7,11H,5-6H2,1-4H3,(H,10,12);5-7H2,1-4H3,(H,10,11). The van der Waals surface area contributed by atoms with Gasteiger partial charge in [-0.05, 0) is 54.4 Å². The molecular weight excluding hydrogens is 324 g/mol. The third-order valence-corrected chi connectivity index (χ3v) is 2.55. The zero-order valence-corrected chi connectivity index (χ0v) is 17.2. The zero-order valence-electron chi connectivity index (χ0n) is 17.2. The fraction of sp³-hybridized carbons (Fsp3) is 0.889. The Labute approximate surface area is 152 Å². The largest absolute Gasteiger partial charge is 0.444 e. The van der Waals surface area contributed by atoms with E-state index in [9.17, 15) is 9.59 Å². The lowest BCUT2D eigenvalue weighted by molar-refractivity contribution is 0.0488. The molecule has 0 aromatic rings. The maximum Gasteiger partial charge on any atom is 0.407 e. The number of nitrogens with one attached hydrogen (secondary N) is 2. The third-order valence-electron chi connectivity index (χ3n) is 2.55. The van der Waals surface area contributed by atoms with Gasteiger partial charge in [-0.3, -0.25) is 0 Å². The van der Waals surface area contributed by atoms with Gasteiger partial charge in [-0.2, -0.15) is 0 Å². The van der Waals surface area contributed by atoms with Gasteiger partial charge in [0.2, 0.25) is 0 Å². The molecule has 0 heterocycles. The SMILES string of the molecule is CCC(O)CNC(=O)OC(C)(C)C.CCCCNC(=O)OC(C)(C)C. The number of carbonyl (C=O) groups is 2. The van der Waals surface area contributed by atoms with Crippen LogP contribution in [0.1, 0.15) is 74.7 Å². The Morgan fingerprint density at radius 3 is 1.72 bits per heavy atom. The maximum atomic E-state index is 11.0. The molecule has 0 aliphatic carbocycles. The first-order valence-corrected chi connectivity index (χ1v) is 8.92. The van der Waals surface area contributed by atoms with Gasteiger partial charge in [-0.1, -0.05) is 20.3 Å². The molecule has 0 aromatic carbocycles. The highest BCUT2D eigenvalue weighted by atomic mass is 16.6. The lowest BCUT2D eigenvalue weighted by Gasteiger charge is -2.20. The lowest BCUT2D eigenvalue weighted by atomic mass is 10.2. The number of aliphatic hydroxyl groups excluding tert-OH is 1. The van der Waals surface area contributed by atoms with Crippen LogP contribution < -0.4 is 10.6 Å². The predicted octanol–water partition coefficient (Wildman–Crippen LogP) is 3.59. The molecule has 0 aliphatic heterocycles. The van der Waals surface area contributed by atoms with Crippen LogP contribution in [-0.4, -0.2) is 47.7 Å². The van der Waals surface area contributed by atoms with Gasteiger partial charge in [-0.25, -0.2) is 9.59 Å². The summed E-state index contributed by atoms with van der Waals surface area (Å²) in [5, 5.41) is 14.3. The van der Waals surface area contributed by atoms with E-state index in [0.29, 0.717) is 13.0 Å². The van der Waals surface area contributed by atoms with Crippen LogP contribution in [0, 0.1) is 0 Å². The van der Waals surface area contributed by atoms with Gasteiger partial charge >= 0.3 is 12.2 Å². The quantitative estimate of drug-likeness (QED) is 0.627. The van der Waals surface area contributed by atoms with Gasteiger partial charge in [0.15, 0.2) is 0 Å². The van der Waals surface area contributed by atoms with Crippen LogP contribution in [0.15, 0.2) is 0 Å². The van der Waals surface area contributed by atoms with E-state index in [1.165, 1.54) is 0 Å². The van der Waals surface area contributed by atoms with Gasteiger partial charge in [0.1, 0.15) is 11.2 Å². The van der Waals surface area contributed by atoms with Gasteiger partial charge in [0.05, 0.1) is 6.10 Å². The first-order valence-electron chi connectivity index (χ1n) is 8.92. The van der Waals surface area contributed by atoms with E-state index in [1.807, 2.05) is 27.7 Å². The number of alkyl carbamates (subject to hydrolysis) is 2. The summed E-state index contributed by atoms with van der Waals surface area (Å²) in [6, 6.07) is 0. The number of unbranched alkanes of at least 4 members (excludes halogenated alkanes) is 1. The fourth-order valence-electron chi connectivity index (χ4n) is 1.34. The van der Waals surface area contributed by atoms with Crippen LogP contribution in [0.4, 0.5) is 9.59 Å². The molecule has 0 saturated carbocycles. The predicted molar refractivity (Wildman–Crippen MR) is 99.7 cm³/mol. The van der Waals surface area contributed by atoms with Crippen molar-refractivity contribution in [3.63, 3.8) is 0 Å². The molecule has 0 fully saturated rings. The normalized spacial score (nSPS) is 12.4. The zero-order chi connectivity index (χ0) is 20.1. The van der Waals surface area contributed by atoms with E-state index in [1.54, 1.807) is 20.8 Å². The van der Waals surface area contributed by atoms with Crippen molar-refractivity contribution < 1.29 is 24.2 Å². The molecule has 0 aliphatic rings. The van der Waals surface area contributed by atoms with E-state index in [-0.39, 0.29) is 12.6 Å². The van der Waals surface area contributed by atoms with E-state index >= 15 is 0 Å². The second-order valence-electron chi connectivity index (χ2n) is 7.73. The molecule has 0 radical (unpaired) electrons. The summed E-state index contributed by atoms with van der Waals surface area (Å²) in [6.45, 7) is 15.8. The summed E-state index contributed by atoms with van der Waals surface area (Å²) in [6.07, 6.45) is 1.40. The van der Waals surface area contributed by atoms with E-state index in [2.05, 4.69) is 17.6 Å². The average molecular weight is 363 g/mol. The van der Waals surface area contributed by atoms with Crippen LogP contribution in [0.3, 0.4) is 0 Å². The maximum absolute atomic E-state index is 11.0. The number of ether oxygens (including phenoxy) is 2. The number of hydrogen-bond donors (Lipinski definition) is 3. The molecule has 0 rings (SSSR count). The first kappa shape index (κ1) is 25.7. The molecule has 1 unspecified atom stereocenters. The fourth-order valence-corrected chi connectivity index (χ4v) is 1.34. The summed E-state index contributed by atoms with van der Waals surface area (Å²) in [5.74, 6) is 0. The first-order chi connectivity index (χ1) is 11.3. The topological polar surface area (TPSA) is 96.9 Å². The molecule has 0 spiro atoms. The van der Waals surface area contributed by atoms with Crippen molar-refractivity contribution >= 4 is 12.2 Å².